The van der Waals surface area contributed by atoms with Crippen LogP contribution in [0.3, 0.4) is 0 Å². The Labute approximate surface area is 212 Å². The van der Waals surface area contributed by atoms with E-state index in [0.29, 0.717) is 11.8 Å². The molecule has 1 fully saturated rings. The first kappa shape index (κ1) is 21.6. The van der Waals surface area contributed by atoms with Gasteiger partial charge in [0.1, 0.15) is 16.7 Å². The topological polar surface area (TPSA) is 19.6 Å². The smallest absolute Gasteiger partial charge is 0.138 e. The molecule has 4 heterocycles. The summed E-state index contributed by atoms with van der Waals surface area (Å²) in [4.78, 5) is 5.18. The molecule has 7 rings (SSSR count). The molecular weight excluding hydrogens is 440 g/mol. The molecule has 4 aliphatic rings. The number of fused-ring (bicyclic) bond motifs is 6. The highest BCUT2D eigenvalue weighted by molar-refractivity contribution is 5.84. The normalized spacial score (nSPS) is 26.2. The van der Waals surface area contributed by atoms with Gasteiger partial charge in [0.25, 0.3) is 0 Å². The molecule has 3 nitrogen and oxygen atoms in total. The first-order valence-corrected chi connectivity index (χ1v) is 13.2. The molecule has 3 aromatic rings. The molecule has 180 valence electrons. The zero-order valence-corrected chi connectivity index (χ0v) is 21.2. The number of nitrogens with zero attached hydrogens (tertiary/aromatic N) is 2. The highest BCUT2D eigenvalue weighted by Gasteiger charge is 2.56. The lowest BCUT2D eigenvalue weighted by Crippen LogP contribution is -2.58. The molecule has 1 saturated heterocycles. The summed E-state index contributed by atoms with van der Waals surface area (Å²) in [6.45, 7) is 7.81. The standard InChI is InChI=1S/C33H32N2O/c1-22(2)24-14-11-15-25-26-18-19-27-30(32(26)36-31(24)25)29-17-8-10-21-35(29)33(27,3)34-20-9-7-16-28(34)23-12-5-4-6-13-23/h4-18,21-22,27,29H,19-20H2,1-3H3/t27?,29?,33-/m1/s1. The van der Waals surface area contributed by atoms with Gasteiger partial charge in [-0.2, -0.15) is 0 Å². The van der Waals surface area contributed by atoms with Crippen LogP contribution in [0.15, 0.2) is 95.6 Å². The Balaban J connectivity index is 1.47. The predicted molar refractivity (Wildman–Crippen MR) is 148 cm³/mol. The Morgan fingerprint density at radius 3 is 2.69 bits per heavy atom. The van der Waals surface area contributed by atoms with Crippen molar-refractivity contribution in [2.75, 3.05) is 6.54 Å². The summed E-state index contributed by atoms with van der Waals surface area (Å²) < 4.78 is 6.84. The fourth-order valence-electron chi connectivity index (χ4n) is 6.91. The zero-order chi connectivity index (χ0) is 24.4. The molecule has 0 radical (unpaired) electrons. The Morgan fingerprint density at radius 1 is 1.00 bits per heavy atom. The van der Waals surface area contributed by atoms with Crippen molar-refractivity contribution in [1.82, 2.24) is 9.80 Å². The number of benzene rings is 2. The monoisotopic (exact) mass is 472 g/mol. The van der Waals surface area contributed by atoms with Crippen LogP contribution in [0.4, 0.5) is 0 Å². The minimum Gasteiger partial charge on any atom is -0.456 e. The molecule has 0 saturated carbocycles. The van der Waals surface area contributed by atoms with E-state index < -0.39 is 0 Å². The lowest BCUT2D eigenvalue weighted by molar-refractivity contribution is 0.0243. The lowest BCUT2D eigenvalue weighted by Gasteiger charge is -2.51. The zero-order valence-electron chi connectivity index (χ0n) is 21.2. The highest BCUT2D eigenvalue weighted by Crippen LogP contribution is 2.52. The van der Waals surface area contributed by atoms with Gasteiger partial charge < -0.3 is 14.2 Å². The Kier molecular flexibility index (Phi) is 4.73. The molecule has 0 N–H and O–H groups in total. The summed E-state index contributed by atoms with van der Waals surface area (Å²) in [5.74, 6) is 0.729. The van der Waals surface area contributed by atoms with E-state index in [2.05, 4.69) is 128 Å². The van der Waals surface area contributed by atoms with Gasteiger partial charge >= 0.3 is 0 Å². The van der Waals surface area contributed by atoms with Crippen LogP contribution in [-0.2, 0) is 0 Å². The van der Waals surface area contributed by atoms with Crippen LogP contribution >= 0.6 is 0 Å². The van der Waals surface area contributed by atoms with Crippen molar-refractivity contribution in [3.05, 3.63) is 113 Å². The van der Waals surface area contributed by atoms with Gasteiger partial charge in [0.2, 0.25) is 0 Å². The molecule has 0 amide bonds. The second kappa shape index (κ2) is 7.89. The molecule has 2 aromatic carbocycles. The SMILES string of the molecule is CC(C)c1cccc2c3c(oc12)=C1C2C=CC=CN2[C@@](C)(N2CC=CC=C2c2ccccc2)C1CC=3. The van der Waals surface area contributed by atoms with Crippen LogP contribution in [0, 0.1) is 5.92 Å². The third-order valence-electron chi connectivity index (χ3n) is 8.64. The first-order chi connectivity index (χ1) is 17.6. The van der Waals surface area contributed by atoms with Gasteiger partial charge in [-0.1, -0.05) is 92.8 Å². The van der Waals surface area contributed by atoms with Crippen LogP contribution in [0.5, 0.6) is 0 Å². The van der Waals surface area contributed by atoms with E-state index in [0.717, 1.165) is 24.0 Å². The van der Waals surface area contributed by atoms with E-state index in [9.17, 15) is 0 Å². The predicted octanol–water partition coefficient (Wildman–Crippen LogP) is 5.90. The van der Waals surface area contributed by atoms with Crippen molar-refractivity contribution in [3.63, 3.8) is 0 Å². The van der Waals surface area contributed by atoms with Crippen LogP contribution in [0.1, 0.15) is 44.2 Å². The summed E-state index contributed by atoms with van der Waals surface area (Å²) in [5.41, 5.74) is 7.16. The van der Waals surface area contributed by atoms with E-state index in [-0.39, 0.29) is 11.7 Å². The van der Waals surface area contributed by atoms with E-state index in [1.165, 1.54) is 33.0 Å². The maximum atomic E-state index is 6.84. The third kappa shape index (κ3) is 2.86. The number of hydrogen-bond donors (Lipinski definition) is 0. The van der Waals surface area contributed by atoms with Crippen molar-refractivity contribution in [3.8, 4) is 0 Å². The molecule has 1 aliphatic carbocycles. The number of para-hydroxylation sites is 1. The first-order valence-electron chi connectivity index (χ1n) is 13.2. The average molecular weight is 473 g/mol. The molecular formula is C33H32N2O. The van der Waals surface area contributed by atoms with Crippen molar-refractivity contribution in [1.29, 1.82) is 0 Å². The minimum absolute atomic E-state index is 0.184. The molecule has 3 heteroatoms. The van der Waals surface area contributed by atoms with E-state index in [4.69, 9.17) is 4.42 Å². The molecule has 3 atom stereocenters. The molecule has 3 aliphatic heterocycles. The third-order valence-corrected chi connectivity index (χ3v) is 8.64. The number of hydrogen-bond acceptors (Lipinski definition) is 3. The maximum absolute atomic E-state index is 6.84. The minimum atomic E-state index is -0.234. The number of allylic oxidation sites excluding steroid dienone is 4. The summed E-state index contributed by atoms with van der Waals surface area (Å²) in [5, 5.41) is 2.53. The van der Waals surface area contributed by atoms with Crippen LogP contribution in [0.25, 0.3) is 28.3 Å². The number of rotatable bonds is 3. The average Bonchev–Trinajstić information content (AvgIpc) is 3.43. The van der Waals surface area contributed by atoms with Gasteiger partial charge in [0.15, 0.2) is 0 Å². The summed E-state index contributed by atoms with van der Waals surface area (Å²) in [6, 6.07) is 17.6. The van der Waals surface area contributed by atoms with Gasteiger partial charge in [-0.3, -0.25) is 0 Å². The molecule has 1 aromatic heterocycles. The fraction of sp³-hybridized carbons (Fsp3) is 0.273. The summed E-state index contributed by atoms with van der Waals surface area (Å²) in [7, 11) is 0. The number of furan rings is 1. The largest absolute Gasteiger partial charge is 0.456 e. The van der Waals surface area contributed by atoms with Gasteiger partial charge in [0, 0.05) is 40.5 Å². The Hall–Kier alpha value is -3.72. The van der Waals surface area contributed by atoms with Crippen LogP contribution in [-0.4, -0.2) is 28.0 Å². The Bertz CT molecular complexity index is 1600. The second-order valence-electron chi connectivity index (χ2n) is 10.8. The quantitative estimate of drug-likeness (QED) is 0.473. The van der Waals surface area contributed by atoms with Gasteiger partial charge in [0.05, 0.1) is 6.04 Å². The van der Waals surface area contributed by atoms with Gasteiger partial charge in [-0.25, -0.2) is 0 Å². The van der Waals surface area contributed by atoms with Crippen molar-refractivity contribution in [2.45, 2.75) is 44.8 Å². The Morgan fingerprint density at radius 2 is 1.86 bits per heavy atom. The summed E-state index contributed by atoms with van der Waals surface area (Å²) >= 11 is 0. The maximum Gasteiger partial charge on any atom is 0.138 e. The van der Waals surface area contributed by atoms with E-state index in [1.807, 2.05) is 0 Å². The molecule has 2 unspecified atom stereocenters. The van der Waals surface area contributed by atoms with Gasteiger partial charge in [-0.05, 0) is 42.5 Å². The second-order valence-corrected chi connectivity index (χ2v) is 10.8. The lowest BCUT2D eigenvalue weighted by atomic mass is 9.81. The molecule has 0 bridgehead atoms. The summed E-state index contributed by atoms with van der Waals surface area (Å²) in [6.07, 6.45) is 19.2. The van der Waals surface area contributed by atoms with E-state index >= 15 is 0 Å². The van der Waals surface area contributed by atoms with E-state index in [1.54, 1.807) is 0 Å². The highest BCUT2D eigenvalue weighted by atomic mass is 16.3. The molecule has 0 spiro atoms. The van der Waals surface area contributed by atoms with Crippen molar-refractivity contribution in [2.24, 2.45) is 5.92 Å². The van der Waals surface area contributed by atoms with Crippen LogP contribution < -0.4 is 10.6 Å². The van der Waals surface area contributed by atoms with Crippen LogP contribution in [0.2, 0.25) is 0 Å². The molecule has 36 heavy (non-hydrogen) atoms. The van der Waals surface area contributed by atoms with Crippen molar-refractivity contribution < 1.29 is 4.42 Å². The van der Waals surface area contributed by atoms with Gasteiger partial charge in [-0.15, -0.1) is 0 Å². The fourth-order valence-corrected chi connectivity index (χ4v) is 6.91. The van der Waals surface area contributed by atoms with Crippen molar-refractivity contribution >= 4 is 28.3 Å².